The molecule has 4 heteroatoms. The first-order valence-electron chi connectivity index (χ1n) is 4.38. The summed E-state index contributed by atoms with van der Waals surface area (Å²) in [6.45, 7) is 5.86. The Morgan fingerprint density at radius 1 is 1.46 bits per heavy atom. The smallest absolute Gasteiger partial charge is 0.320 e. The summed E-state index contributed by atoms with van der Waals surface area (Å²) in [5.74, 6) is -1.08. The molecule has 0 bridgehead atoms. The van der Waals surface area contributed by atoms with E-state index in [9.17, 15) is 4.79 Å². The minimum absolute atomic E-state index is 0.0233. The Kier molecular flexibility index (Phi) is 4.36. The minimum Gasteiger partial charge on any atom is -0.480 e. The van der Waals surface area contributed by atoms with E-state index in [1.54, 1.807) is 0 Å². The number of nitrogens with two attached hydrogens (primary N) is 1. The van der Waals surface area contributed by atoms with E-state index in [1.165, 1.54) is 0 Å². The quantitative estimate of drug-likeness (QED) is 0.599. The third kappa shape index (κ3) is 4.24. The van der Waals surface area contributed by atoms with E-state index in [-0.39, 0.29) is 17.9 Å². The fraction of sp³-hybridized carbons (Fsp3) is 0.889. The van der Waals surface area contributed by atoms with Crippen LogP contribution in [0.4, 0.5) is 0 Å². The first-order chi connectivity index (χ1) is 5.79. The van der Waals surface area contributed by atoms with E-state index in [2.05, 4.69) is 0 Å². The lowest BCUT2D eigenvalue weighted by Gasteiger charge is -2.30. The van der Waals surface area contributed by atoms with Crippen LogP contribution in [0.1, 0.15) is 27.2 Å². The first-order valence-corrected chi connectivity index (χ1v) is 4.38. The molecule has 0 saturated heterocycles. The van der Waals surface area contributed by atoms with Crippen LogP contribution in [-0.4, -0.2) is 28.8 Å². The monoisotopic (exact) mass is 189 g/mol. The van der Waals surface area contributed by atoms with Crippen LogP contribution >= 0.6 is 0 Å². The maximum atomic E-state index is 10.5. The summed E-state index contributed by atoms with van der Waals surface area (Å²) in [4.78, 5) is 10.5. The Balaban J connectivity index is 4.22. The number of carboxylic acids is 1. The van der Waals surface area contributed by atoms with Crippen molar-refractivity contribution in [2.45, 2.75) is 33.2 Å². The lowest BCUT2D eigenvalue weighted by molar-refractivity contribution is -0.139. The van der Waals surface area contributed by atoms with Crippen molar-refractivity contribution in [2.75, 3.05) is 6.61 Å². The zero-order chi connectivity index (χ0) is 10.6. The van der Waals surface area contributed by atoms with Gasteiger partial charge in [0.1, 0.15) is 6.04 Å². The molecule has 0 fully saturated rings. The Morgan fingerprint density at radius 2 is 1.92 bits per heavy atom. The Labute approximate surface area is 78.7 Å². The minimum atomic E-state index is -1.01. The highest BCUT2D eigenvalue weighted by atomic mass is 16.4. The molecule has 0 spiro atoms. The van der Waals surface area contributed by atoms with Crippen LogP contribution in [-0.2, 0) is 4.79 Å². The van der Waals surface area contributed by atoms with Crippen molar-refractivity contribution < 1.29 is 15.0 Å². The van der Waals surface area contributed by atoms with Gasteiger partial charge in [0, 0.05) is 6.61 Å². The molecule has 0 radical (unpaired) electrons. The van der Waals surface area contributed by atoms with Gasteiger partial charge >= 0.3 is 5.97 Å². The topological polar surface area (TPSA) is 83.5 Å². The fourth-order valence-corrected chi connectivity index (χ4v) is 1.11. The molecule has 0 heterocycles. The molecule has 2 atom stereocenters. The van der Waals surface area contributed by atoms with Gasteiger partial charge < -0.3 is 15.9 Å². The van der Waals surface area contributed by atoms with E-state index in [4.69, 9.17) is 15.9 Å². The third-order valence-corrected chi connectivity index (χ3v) is 2.30. The molecule has 0 saturated carbocycles. The molecule has 0 aliphatic heterocycles. The molecule has 0 aliphatic rings. The van der Waals surface area contributed by atoms with Crippen LogP contribution < -0.4 is 5.73 Å². The van der Waals surface area contributed by atoms with Gasteiger partial charge in [-0.3, -0.25) is 4.79 Å². The summed E-state index contributed by atoms with van der Waals surface area (Å²) in [7, 11) is 0. The van der Waals surface area contributed by atoms with Crippen LogP contribution in [0, 0.1) is 11.3 Å². The molecule has 4 nitrogen and oxygen atoms in total. The zero-order valence-corrected chi connectivity index (χ0v) is 8.45. The number of carboxylic acid groups (broad SMARTS) is 1. The summed E-state index contributed by atoms with van der Waals surface area (Å²) in [5, 5.41) is 17.6. The maximum Gasteiger partial charge on any atom is 0.320 e. The summed E-state index contributed by atoms with van der Waals surface area (Å²) in [6.07, 6.45) is 0.315. The van der Waals surface area contributed by atoms with Crippen molar-refractivity contribution in [3.63, 3.8) is 0 Å². The van der Waals surface area contributed by atoms with Crippen LogP contribution in [0.3, 0.4) is 0 Å². The highest BCUT2D eigenvalue weighted by molar-refractivity contribution is 5.73. The molecular formula is C9H19NO3. The van der Waals surface area contributed by atoms with Gasteiger partial charge in [0.2, 0.25) is 0 Å². The number of rotatable bonds is 4. The van der Waals surface area contributed by atoms with Crippen LogP contribution in [0.25, 0.3) is 0 Å². The number of aliphatic carboxylic acids is 1. The first kappa shape index (κ1) is 12.4. The van der Waals surface area contributed by atoms with Gasteiger partial charge in [-0.2, -0.15) is 0 Å². The molecule has 0 aromatic heterocycles. The normalized spacial score (nSPS) is 16.7. The number of aliphatic hydroxyl groups is 1. The van der Waals surface area contributed by atoms with Crippen LogP contribution in [0.5, 0.6) is 0 Å². The summed E-state index contributed by atoms with van der Waals surface area (Å²) < 4.78 is 0. The van der Waals surface area contributed by atoms with Gasteiger partial charge in [0.15, 0.2) is 0 Å². The largest absolute Gasteiger partial charge is 0.480 e. The number of hydrogen-bond acceptors (Lipinski definition) is 3. The Morgan fingerprint density at radius 3 is 2.15 bits per heavy atom. The van der Waals surface area contributed by atoms with E-state index in [0.717, 1.165) is 0 Å². The average Bonchev–Trinajstić information content (AvgIpc) is 1.96. The number of hydrogen-bond donors (Lipinski definition) is 3. The SMILES string of the molecule is CC(C)(C)[C@@H](CO)C[C@@H](N)C(=O)O. The van der Waals surface area contributed by atoms with Crippen molar-refractivity contribution in [2.24, 2.45) is 17.1 Å². The standard InChI is InChI=1S/C9H19NO3/c1-9(2,3)6(5-11)4-7(10)8(12)13/h6-7,11H,4-5,10H2,1-3H3,(H,12,13)/t6-,7-/m1/s1. The molecular weight excluding hydrogens is 170 g/mol. The number of carbonyl (C=O) groups is 1. The molecule has 78 valence electrons. The zero-order valence-electron chi connectivity index (χ0n) is 8.45. The van der Waals surface area contributed by atoms with E-state index in [1.807, 2.05) is 20.8 Å². The summed E-state index contributed by atoms with van der Waals surface area (Å²) >= 11 is 0. The van der Waals surface area contributed by atoms with Crippen LogP contribution in [0.2, 0.25) is 0 Å². The lowest BCUT2D eigenvalue weighted by atomic mass is 9.78. The fourth-order valence-electron chi connectivity index (χ4n) is 1.11. The van der Waals surface area contributed by atoms with Gasteiger partial charge in [0.05, 0.1) is 0 Å². The predicted octanol–water partition coefficient (Wildman–Crippen LogP) is 0.443. The van der Waals surface area contributed by atoms with E-state index in [0.29, 0.717) is 6.42 Å². The second kappa shape index (κ2) is 4.58. The summed E-state index contributed by atoms with van der Waals surface area (Å²) in [5.41, 5.74) is 5.27. The molecule has 0 aliphatic carbocycles. The molecule has 0 amide bonds. The second-order valence-electron chi connectivity index (χ2n) is 4.43. The van der Waals surface area contributed by atoms with E-state index < -0.39 is 12.0 Å². The van der Waals surface area contributed by atoms with Gasteiger partial charge in [0.25, 0.3) is 0 Å². The van der Waals surface area contributed by atoms with Gasteiger partial charge in [-0.15, -0.1) is 0 Å². The van der Waals surface area contributed by atoms with Crippen molar-refractivity contribution in [3.8, 4) is 0 Å². The Bertz CT molecular complexity index is 174. The molecule has 13 heavy (non-hydrogen) atoms. The summed E-state index contributed by atoms with van der Waals surface area (Å²) in [6, 6.07) is -0.878. The second-order valence-corrected chi connectivity index (χ2v) is 4.43. The van der Waals surface area contributed by atoms with Gasteiger partial charge in [-0.05, 0) is 17.8 Å². The molecule has 0 aromatic carbocycles. The molecule has 4 N–H and O–H groups in total. The highest BCUT2D eigenvalue weighted by Crippen LogP contribution is 2.28. The maximum absolute atomic E-state index is 10.5. The average molecular weight is 189 g/mol. The van der Waals surface area contributed by atoms with Crippen molar-refractivity contribution >= 4 is 5.97 Å². The Hall–Kier alpha value is -0.610. The van der Waals surface area contributed by atoms with Gasteiger partial charge in [-0.25, -0.2) is 0 Å². The molecule has 0 unspecified atom stereocenters. The molecule has 0 rings (SSSR count). The highest BCUT2D eigenvalue weighted by Gasteiger charge is 2.27. The van der Waals surface area contributed by atoms with Crippen molar-refractivity contribution in [1.29, 1.82) is 0 Å². The van der Waals surface area contributed by atoms with Crippen LogP contribution in [0.15, 0.2) is 0 Å². The van der Waals surface area contributed by atoms with Crippen molar-refractivity contribution in [1.82, 2.24) is 0 Å². The lowest BCUT2D eigenvalue weighted by Crippen LogP contribution is -2.37. The predicted molar refractivity (Wildman–Crippen MR) is 50.3 cm³/mol. The third-order valence-electron chi connectivity index (χ3n) is 2.30. The van der Waals surface area contributed by atoms with Crippen molar-refractivity contribution in [3.05, 3.63) is 0 Å². The molecule has 0 aromatic rings. The van der Waals surface area contributed by atoms with E-state index >= 15 is 0 Å². The number of aliphatic hydroxyl groups excluding tert-OH is 1. The van der Waals surface area contributed by atoms with Gasteiger partial charge in [-0.1, -0.05) is 20.8 Å².